The van der Waals surface area contributed by atoms with E-state index < -0.39 is 0 Å². The molecule has 3 aromatic rings. The Balaban J connectivity index is 2.04. The number of pyridine rings is 1. The first-order chi connectivity index (χ1) is 9.13. The van der Waals surface area contributed by atoms with E-state index in [1.54, 1.807) is 28.4 Å². The molecule has 0 amide bonds. The Kier molecular flexibility index (Phi) is 3.42. The highest BCUT2D eigenvalue weighted by Crippen LogP contribution is 2.32. The minimum absolute atomic E-state index is 0.638. The van der Waals surface area contributed by atoms with Crippen LogP contribution in [0.25, 0.3) is 16.4 Å². The number of anilines is 1. The monoisotopic (exact) mass is 398 g/mol. The van der Waals surface area contributed by atoms with E-state index >= 15 is 0 Å². The Morgan fingerprint density at radius 1 is 1.21 bits per heavy atom. The fraction of sp³-hybridized carbons (Fsp3) is 0. The molecule has 3 aromatic heterocycles. The van der Waals surface area contributed by atoms with Crippen LogP contribution in [0.3, 0.4) is 0 Å². The molecule has 0 saturated heterocycles. The van der Waals surface area contributed by atoms with Crippen LogP contribution in [0.5, 0.6) is 0 Å². The van der Waals surface area contributed by atoms with E-state index in [0.29, 0.717) is 5.69 Å². The molecule has 2 N–H and O–H groups in total. The molecule has 0 fully saturated rings. The molecule has 4 nitrogen and oxygen atoms in total. The van der Waals surface area contributed by atoms with Gasteiger partial charge in [0.15, 0.2) is 5.82 Å². The summed E-state index contributed by atoms with van der Waals surface area (Å²) in [7, 11) is 0. The molecule has 0 saturated carbocycles. The Labute approximate surface area is 130 Å². The minimum Gasteiger partial charge on any atom is -0.396 e. The lowest BCUT2D eigenvalue weighted by molar-refractivity contribution is 0.850. The fourth-order valence-electron chi connectivity index (χ4n) is 1.64. The second-order valence-electron chi connectivity index (χ2n) is 3.84. The largest absolute Gasteiger partial charge is 0.396 e. The van der Waals surface area contributed by atoms with Gasteiger partial charge in [-0.15, -0.1) is 11.3 Å². The van der Waals surface area contributed by atoms with Crippen molar-refractivity contribution < 1.29 is 0 Å². The van der Waals surface area contributed by atoms with Crippen molar-refractivity contribution >= 4 is 48.9 Å². The van der Waals surface area contributed by atoms with Gasteiger partial charge < -0.3 is 5.73 Å². The van der Waals surface area contributed by atoms with Gasteiger partial charge in [0, 0.05) is 20.5 Å². The molecule has 19 heavy (non-hydrogen) atoms. The van der Waals surface area contributed by atoms with E-state index in [9.17, 15) is 0 Å². The van der Waals surface area contributed by atoms with Crippen LogP contribution in [0.1, 0.15) is 0 Å². The zero-order valence-electron chi connectivity index (χ0n) is 9.55. The van der Waals surface area contributed by atoms with Crippen molar-refractivity contribution in [3.05, 3.63) is 44.9 Å². The van der Waals surface area contributed by atoms with E-state index in [1.165, 1.54) is 0 Å². The summed E-state index contributed by atoms with van der Waals surface area (Å²) in [6.45, 7) is 0. The maximum absolute atomic E-state index is 6.02. The van der Waals surface area contributed by atoms with Crippen LogP contribution in [0.4, 0.5) is 5.69 Å². The van der Waals surface area contributed by atoms with Crippen molar-refractivity contribution in [2.24, 2.45) is 0 Å². The van der Waals surface area contributed by atoms with E-state index in [0.717, 1.165) is 25.3 Å². The van der Waals surface area contributed by atoms with Crippen molar-refractivity contribution in [3.8, 4) is 16.4 Å². The summed E-state index contributed by atoms with van der Waals surface area (Å²) in [6.07, 6.45) is 3.51. The maximum Gasteiger partial charge on any atom is 0.153 e. The molecule has 0 radical (unpaired) electrons. The molecule has 0 aliphatic carbocycles. The second kappa shape index (κ2) is 5.07. The Morgan fingerprint density at radius 3 is 2.68 bits per heavy atom. The summed E-state index contributed by atoms with van der Waals surface area (Å²) in [6, 6.07) is 5.80. The Morgan fingerprint density at radius 2 is 2.05 bits per heavy atom. The number of nitrogen functional groups attached to an aromatic ring is 1. The van der Waals surface area contributed by atoms with Crippen LogP contribution in [0.2, 0.25) is 0 Å². The van der Waals surface area contributed by atoms with Gasteiger partial charge in [-0.2, -0.15) is 5.10 Å². The number of hydrogen-bond acceptors (Lipinski definition) is 4. The lowest BCUT2D eigenvalue weighted by Crippen LogP contribution is -1.97. The van der Waals surface area contributed by atoms with Crippen LogP contribution in [0.15, 0.2) is 44.9 Å². The highest BCUT2D eigenvalue weighted by Gasteiger charge is 2.12. The molecule has 0 unspecified atom stereocenters. The summed E-state index contributed by atoms with van der Waals surface area (Å²) in [5.74, 6) is 0.733. The van der Waals surface area contributed by atoms with Gasteiger partial charge in [0.05, 0.1) is 16.8 Å². The Bertz CT molecular complexity index is 718. The zero-order valence-corrected chi connectivity index (χ0v) is 13.5. The van der Waals surface area contributed by atoms with E-state index in [2.05, 4.69) is 41.9 Å². The van der Waals surface area contributed by atoms with Gasteiger partial charge in [0.1, 0.15) is 5.69 Å². The number of hydrogen-bond donors (Lipinski definition) is 1. The van der Waals surface area contributed by atoms with Crippen LogP contribution >= 0.6 is 43.2 Å². The average molecular weight is 400 g/mol. The first-order valence-corrected chi connectivity index (χ1v) is 7.81. The van der Waals surface area contributed by atoms with Crippen molar-refractivity contribution in [3.63, 3.8) is 0 Å². The molecule has 0 spiro atoms. The van der Waals surface area contributed by atoms with Gasteiger partial charge in [-0.1, -0.05) is 0 Å². The first-order valence-electron chi connectivity index (χ1n) is 5.35. The predicted octanol–water partition coefficient (Wildman–Crippen LogP) is 4.10. The number of rotatable bonds is 2. The smallest absolute Gasteiger partial charge is 0.153 e. The number of nitrogens with two attached hydrogens (primary N) is 1. The van der Waals surface area contributed by atoms with Crippen molar-refractivity contribution in [1.29, 1.82) is 0 Å². The lowest BCUT2D eigenvalue weighted by atomic mass is 10.3. The van der Waals surface area contributed by atoms with E-state index in [-0.39, 0.29) is 0 Å². The molecule has 3 heterocycles. The van der Waals surface area contributed by atoms with Gasteiger partial charge in [0.2, 0.25) is 0 Å². The highest BCUT2D eigenvalue weighted by atomic mass is 79.9. The van der Waals surface area contributed by atoms with Crippen molar-refractivity contribution in [1.82, 2.24) is 14.8 Å². The molecule has 0 aliphatic heterocycles. The van der Waals surface area contributed by atoms with Gasteiger partial charge in [0.25, 0.3) is 0 Å². The van der Waals surface area contributed by atoms with Gasteiger partial charge in [-0.05, 0) is 50.1 Å². The predicted molar refractivity (Wildman–Crippen MR) is 84.5 cm³/mol. The summed E-state index contributed by atoms with van der Waals surface area (Å²) in [5, 5.41) is 6.50. The van der Waals surface area contributed by atoms with Crippen LogP contribution in [-0.4, -0.2) is 14.8 Å². The topological polar surface area (TPSA) is 56.7 Å². The van der Waals surface area contributed by atoms with Gasteiger partial charge in [-0.3, -0.25) is 0 Å². The van der Waals surface area contributed by atoms with Crippen LogP contribution < -0.4 is 5.73 Å². The van der Waals surface area contributed by atoms with Crippen molar-refractivity contribution in [2.45, 2.75) is 0 Å². The van der Waals surface area contributed by atoms with Crippen LogP contribution in [-0.2, 0) is 0 Å². The molecule has 0 atom stereocenters. The summed E-state index contributed by atoms with van der Waals surface area (Å²) in [5.41, 5.74) is 7.44. The molecular formula is C12H8Br2N4S. The quantitative estimate of drug-likeness (QED) is 0.705. The standard InChI is InChI=1S/C12H8Br2N4S/c13-7-1-2-11(16-4-7)18-5-9(15)12(17-18)10-3-8(14)6-19-10/h1-6H,15H2. The van der Waals surface area contributed by atoms with Crippen molar-refractivity contribution in [2.75, 3.05) is 5.73 Å². The highest BCUT2D eigenvalue weighted by molar-refractivity contribution is 9.10. The number of aromatic nitrogens is 3. The number of nitrogens with zero attached hydrogens (tertiary/aromatic N) is 3. The SMILES string of the molecule is Nc1cn(-c2ccc(Br)cn2)nc1-c1cc(Br)cs1. The Hall–Kier alpha value is -1.18. The molecule has 0 aliphatic rings. The first kappa shape index (κ1) is 12.8. The summed E-state index contributed by atoms with van der Waals surface area (Å²) in [4.78, 5) is 5.32. The fourth-order valence-corrected chi connectivity index (χ4v) is 3.31. The third-order valence-corrected chi connectivity index (χ3v) is 4.66. The number of halogens is 2. The third-order valence-electron chi connectivity index (χ3n) is 2.49. The molecule has 96 valence electrons. The minimum atomic E-state index is 0.638. The maximum atomic E-state index is 6.02. The second-order valence-corrected chi connectivity index (χ2v) is 6.58. The lowest BCUT2D eigenvalue weighted by Gasteiger charge is -1.99. The van der Waals surface area contributed by atoms with E-state index in [4.69, 9.17) is 5.73 Å². The van der Waals surface area contributed by atoms with Gasteiger partial charge in [-0.25, -0.2) is 9.67 Å². The zero-order chi connectivity index (χ0) is 13.4. The van der Waals surface area contributed by atoms with E-state index in [1.807, 2.05) is 23.6 Å². The summed E-state index contributed by atoms with van der Waals surface area (Å²) < 4.78 is 3.65. The number of thiophene rings is 1. The molecule has 3 rings (SSSR count). The van der Waals surface area contributed by atoms with Gasteiger partial charge >= 0.3 is 0 Å². The molecule has 0 bridgehead atoms. The average Bonchev–Trinajstić information content (AvgIpc) is 2.96. The molecular weight excluding hydrogens is 392 g/mol. The summed E-state index contributed by atoms with van der Waals surface area (Å²) >= 11 is 8.39. The normalized spacial score (nSPS) is 10.8. The van der Waals surface area contributed by atoms with Crippen LogP contribution in [0, 0.1) is 0 Å². The molecule has 0 aromatic carbocycles. The molecule has 7 heteroatoms. The third kappa shape index (κ3) is 2.58.